The van der Waals surface area contributed by atoms with E-state index in [1.54, 1.807) is 11.3 Å². The summed E-state index contributed by atoms with van der Waals surface area (Å²) in [5.74, 6) is 0.439. The molecule has 0 spiro atoms. The first-order valence-electron chi connectivity index (χ1n) is 5.11. The van der Waals surface area contributed by atoms with Crippen LogP contribution in [0.25, 0.3) is 0 Å². The van der Waals surface area contributed by atoms with E-state index in [-0.39, 0.29) is 0 Å². The summed E-state index contributed by atoms with van der Waals surface area (Å²) >= 11 is 13.3. The number of thiazole rings is 1. The van der Waals surface area contributed by atoms with Crippen molar-refractivity contribution in [1.29, 1.82) is 0 Å². The van der Waals surface area contributed by atoms with Crippen molar-refractivity contribution >= 4 is 39.7 Å². The third-order valence-electron chi connectivity index (χ3n) is 2.47. The molecule has 15 heavy (non-hydrogen) atoms. The molecule has 86 valence electrons. The topological polar surface area (TPSA) is 16.1 Å². The zero-order chi connectivity index (χ0) is 11.4. The number of hydrogen-bond donors (Lipinski definition) is 0. The number of hydrogen-bond acceptors (Lipinski definition) is 3. The summed E-state index contributed by atoms with van der Waals surface area (Å²) in [7, 11) is 0. The molecule has 1 atom stereocenters. The zero-order valence-corrected chi connectivity index (χ0v) is 11.6. The Morgan fingerprint density at radius 1 is 1.47 bits per heavy atom. The fourth-order valence-electron chi connectivity index (χ4n) is 1.38. The van der Waals surface area contributed by atoms with Crippen molar-refractivity contribution in [2.45, 2.75) is 39.1 Å². The van der Waals surface area contributed by atoms with E-state index in [2.05, 4.69) is 30.7 Å². The predicted molar refractivity (Wildman–Crippen MR) is 69.5 cm³/mol. The van der Waals surface area contributed by atoms with Crippen LogP contribution in [-0.2, 0) is 5.88 Å². The molecule has 0 aromatic carbocycles. The molecule has 0 N–H and O–H groups in total. The predicted octanol–water partition coefficient (Wildman–Crippen LogP) is 4.16. The van der Waals surface area contributed by atoms with Gasteiger partial charge in [-0.05, 0) is 20.3 Å². The number of aromatic nitrogens is 1. The highest BCUT2D eigenvalue weighted by atomic mass is 35.5. The van der Waals surface area contributed by atoms with Crippen molar-refractivity contribution in [2.75, 3.05) is 11.4 Å². The van der Waals surface area contributed by atoms with Gasteiger partial charge in [0.15, 0.2) is 5.13 Å². The lowest BCUT2D eigenvalue weighted by Gasteiger charge is -2.26. The van der Waals surface area contributed by atoms with Crippen LogP contribution in [0, 0.1) is 0 Å². The average Bonchev–Trinajstić information content (AvgIpc) is 2.60. The normalized spacial score (nSPS) is 12.9. The number of rotatable bonds is 5. The molecule has 0 aliphatic heterocycles. The van der Waals surface area contributed by atoms with Crippen LogP contribution in [0.2, 0.25) is 5.15 Å². The summed E-state index contributed by atoms with van der Waals surface area (Å²) in [5, 5.41) is 1.53. The van der Waals surface area contributed by atoms with Gasteiger partial charge in [0.05, 0.1) is 10.8 Å². The molecule has 0 amide bonds. The summed E-state index contributed by atoms with van der Waals surface area (Å²) in [5.41, 5.74) is 0. The first kappa shape index (κ1) is 13.1. The first-order chi connectivity index (χ1) is 7.13. The van der Waals surface area contributed by atoms with Crippen LogP contribution in [-0.4, -0.2) is 17.6 Å². The van der Waals surface area contributed by atoms with Gasteiger partial charge in [0.1, 0.15) is 5.15 Å². The van der Waals surface area contributed by atoms with Gasteiger partial charge >= 0.3 is 0 Å². The van der Waals surface area contributed by atoms with Crippen molar-refractivity contribution in [2.24, 2.45) is 0 Å². The summed E-state index contributed by atoms with van der Waals surface area (Å²) in [6, 6.07) is 0.486. The van der Waals surface area contributed by atoms with Crippen LogP contribution >= 0.6 is 34.5 Å². The number of halogens is 2. The van der Waals surface area contributed by atoms with Crippen LogP contribution in [0.15, 0.2) is 0 Å². The number of anilines is 1. The molecule has 1 aromatic heterocycles. The second-order valence-electron chi connectivity index (χ2n) is 3.39. The molecule has 0 aliphatic rings. The second-order valence-corrected chi connectivity index (χ2v) is 5.07. The van der Waals surface area contributed by atoms with Gasteiger partial charge in [-0.3, -0.25) is 0 Å². The van der Waals surface area contributed by atoms with E-state index in [0.29, 0.717) is 17.1 Å². The molecule has 0 radical (unpaired) electrons. The lowest BCUT2D eigenvalue weighted by Crippen LogP contribution is -2.32. The summed E-state index contributed by atoms with van der Waals surface area (Å²) in [6.07, 6.45) is 1.10. The smallest absolute Gasteiger partial charge is 0.187 e. The summed E-state index contributed by atoms with van der Waals surface area (Å²) < 4.78 is 0. The number of alkyl halides is 1. The minimum absolute atomic E-state index is 0.439. The van der Waals surface area contributed by atoms with Gasteiger partial charge in [0, 0.05) is 12.6 Å². The van der Waals surface area contributed by atoms with E-state index in [0.717, 1.165) is 23.0 Å². The van der Waals surface area contributed by atoms with E-state index >= 15 is 0 Å². The fourth-order valence-corrected chi connectivity index (χ4v) is 3.02. The molecular weight excluding hydrogens is 251 g/mol. The Labute approximate surface area is 105 Å². The van der Waals surface area contributed by atoms with Crippen molar-refractivity contribution in [3.63, 3.8) is 0 Å². The Hall–Kier alpha value is 0.01000. The lowest BCUT2D eigenvalue weighted by molar-refractivity contribution is 0.628. The maximum Gasteiger partial charge on any atom is 0.187 e. The van der Waals surface area contributed by atoms with Crippen LogP contribution in [0.5, 0.6) is 0 Å². The van der Waals surface area contributed by atoms with Crippen LogP contribution < -0.4 is 4.90 Å². The molecule has 0 saturated carbocycles. The van der Waals surface area contributed by atoms with Crippen LogP contribution in [0.1, 0.15) is 32.1 Å². The molecule has 0 bridgehead atoms. The Bertz CT molecular complexity index is 314. The van der Waals surface area contributed by atoms with Gasteiger partial charge in [-0.1, -0.05) is 29.9 Å². The molecule has 5 heteroatoms. The molecule has 1 unspecified atom stereocenters. The van der Waals surface area contributed by atoms with E-state index in [4.69, 9.17) is 23.2 Å². The van der Waals surface area contributed by atoms with Crippen molar-refractivity contribution in [3.8, 4) is 0 Å². The van der Waals surface area contributed by atoms with Crippen molar-refractivity contribution in [1.82, 2.24) is 4.98 Å². The standard InChI is InChI=1S/C10H16Cl2N2S/c1-4-7(3)14(5-2)10-13-9(12)8(6-11)15-10/h7H,4-6H2,1-3H3. The molecule has 1 rings (SSSR count). The van der Waals surface area contributed by atoms with Gasteiger partial charge in [0.2, 0.25) is 0 Å². The monoisotopic (exact) mass is 266 g/mol. The molecule has 1 heterocycles. The van der Waals surface area contributed by atoms with E-state index in [9.17, 15) is 0 Å². The van der Waals surface area contributed by atoms with E-state index in [1.165, 1.54) is 0 Å². The first-order valence-corrected chi connectivity index (χ1v) is 6.84. The summed E-state index contributed by atoms with van der Waals surface area (Å²) in [6.45, 7) is 7.44. The van der Waals surface area contributed by atoms with Gasteiger partial charge in [-0.25, -0.2) is 4.98 Å². The SMILES string of the molecule is CCC(C)N(CC)c1nc(Cl)c(CCl)s1. The molecule has 0 saturated heterocycles. The molecule has 2 nitrogen and oxygen atoms in total. The van der Waals surface area contributed by atoms with Crippen LogP contribution in [0.4, 0.5) is 5.13 Å². The zero-order valence-electron chi connectivity index (χ0n) is 9.26. The third kappa shape index (κ3) is 2.99. The van der Waals surface area contributed by atoms with Crippen molar-refractivity contribution in [3.05, 3.63) is 10.0 Å². The molecule has 1 aromatic rings. The van der Waals surface area contributed by atoms with Crippen LogP contribution in [0.3, 0.4) is 0 Å². The largest absolute Gasteiger partial charge is 0.346 e. The summed E-state index contributed by atoms with van der Waals surface area (Å²) in [4.78, 5) is 7.56. The average molecular weight is 267 g/mol. The highest BCUT2D eigenvalue weighted by molar-refractivity contribution is 7.16. The molecular formula is C10H16Cl2N2S. The highest BCUT2D eigenvalue weighted by Gasteiger charge is 2.17. The Morgan fingerprint density at radius 2 is 2.13 bits per heavy atom. The van der Waals surface area contributed by atoms with Gasteiger partial charge < -0.3 is 4.90 Å². The Morgan fingerprint density at radius 3 is 2.53 bits per heavy atom. The molecule has 0 fully saturated rings. The van der Waals surface area contributed by atoms with Crippen molar-refractivity contribution < 1.29 is 0 Å². The Balaban J connectivity index is 2.92. The second kappa shape index (κ2) is 5.92. The van der Waals surface area contributed by atoms with E-state index in [1.807, 2.05) is 0 Å². The maximum atomic E-state index is 5.98. The Kier molecular flexibility index (Phi) is 5.16. The maximum absolute atomic E-state index is 5.98. The minimum atomic E-state index is 0.439. The van der Waals surface area contributed by atoms with Gasteiger partial charge in [-0.15, -0.1) is 11.6 Å². The third-order valence-corrected chi connectivity index (χ3v) is 4.41. The lowest BCUT2D eigenvalue weighted by atomic mass is 10.2. The highest BCUT2D eigenvalue weighted by Crippen LogP contribution is 2.31. The van der Waals surface area contributed by atoms with Gasteiger partial charge in [-0.2, -0.15) is 0 Å². The fraction of sp³-hybridized carbons (Fsp3) is 0.700. The number of nitrogens with zero attached hydrogens (tertiary/aromatic N) is 2. The van der Waals surface area contributed by atoms with E-state index < -0.39 is 0 Å². The molecule has 0 aliphatic carbocycles. The quantitative estimate of drug-likeness (QED) is 0.745. The van der Waals surface area contributed by atoms with Gasteiger partial charge in [0.25, 0.3) is 0 Å². The minimum Gasteiger partial charge on any atom is -0.346 e.